The topological polar surface area (TPSA) is 82.2 Å². The molecule has 0 amide bonds. The van der Waals surface area contributed by atoms with E-state index >= 15 is 0 Å². The average molecular weight is 351 g/mol. The van der Waals surface area contributed by atoms with Crippen molar-refractivity contribution in [2.75, 3.05) is 6.54 Å². The molecule has 0 bridgehead atoms. The van der Waals surface area contributed by atoms with E-state index in [1.807, 2.05) is 0 Å². The minimum absolute atomic E-state index is 0. The molecule has 0 spiro atoms. The first kappa shape index (κ1) is 17.2. The quantitative estimate of drug-likeness (QED) is 0.733. The molecule has 1 aromatic heterocycles. The van der Waals surface area contributed by atoms with Crippen LogP contribution in [0.5, 0.6) is 0 Å². The lowest BCUT2D eigenvalue weighted by Gasteiger charge is -2.07. The summed E-state index contributed by atoms with van der Waals surface area (Å²) in [4.78, 5) is 12.1. The Hall–Kier alpha value is -2.15. The molecule has 0 radical (unpaired) electrons. The van der Waals surface area contributed by atoms with Gasteiger partial charge in [0.05, 0.1) is 17.0 Å². The first-order valence-corrected chi connectivity index (χ1v) is 8.13. The number of nitrogens with zero attached hydrogens (tertiary/aromatic N) is 1. The number of fused-ring (bicyclic) bond motifs is 1. The van der Waals surface area contributed by atoms with E-state index in [4.69, 9.17) is 5.73 Å². The van der Waals surface area contributed by atoms with Gasteiger partial charge >= 0.3 is 0 Å². The molecule has 2 N–H and O–H groups in total. The molecule has 0 saturated carbocycles. The highest BCUT2D eigenvalue weighted by atomic mass is 35.5. The molecule has 1 heterocycles. The van der Waals surface area contributed by atoms with Gasteiger partial charge in [0.15, 0.2) is 5.78 Å². The van der Waals surface area contributed by atoms with Crippen LogP contribution >= 0.6 is 12.4 Å². The molecule has 5 nitrogen and oxygen atoms in total. The summed E-state index contributed by atoms with van der Waals surface area (Å²) in [6.45, 7) is -0.167. The number of rotatable bonds is 4. The van der Waals surface area contributed by atoms with E-state index in [1.165, 1.54) is 18.3 Å². The monoisotopic (exact) mass is 350 g/mol. The maximum atomic E-state index is 12.8. The smallest absolute Gasteiger partial charge is 0.268 e. The summed E-state index contributed by atoms with van der Waals surface area (Å²) in [7, 11) is -3.76. The summed E-state index contributed by atoms with van der Waals surface area (Å²) >= 11 is 0. The molecule has 0 fully saturated rings. The first-order valence-electron chi connectivity index (χ1n) is 6.69. The van der Waals surface area contributed by atoms with Crippen LogP contribution in [0.3, 0.4) is 0 Å². The number of Topliss-reactive ketones (excluding diaryl/α,β-unsaturated/α-hetero) is 1. The SMILES string of the molecule is Cl.NCC(=O)c1cn(S(=O)(=O)c2ccccc2)c2ccccc12. The predicted molar refractivity (Wildman–Crippen MR) is 91.6 cm³/mol. The maximum Gasteiger partial charge on any atom is 0.268 e. The normalized spacial score (nSPS) is 11.2. The fourth-order valence-corrected chi connectivity index (χ4v) is 3.78. The summed E-state index contributed by atoms with van der Waals surface area (Å²) < 4.78 is 26.7. The van der Waals surface area contributed by atoms with E-state index in [2.05, 4.69) is 0 Å². The van der Waals surface area contributed by atoms with Gasteiger partial charge in [-0.25, -0.2) is 12.4 Å². The van der Waals surface area contributed by atoms with E-state index < -0.39 is 10.0 Å². The van der Waals surface area contributed by atoms with Crippen LogP contribution in [-0.2, 0) is 10.0 Å². The second-order valence-electron chi connectivity index (χ2n) is 4.80. The number of hydrogen-bond acceptors (Lipinski definition) is 4. The number of para-hydroxylation sites is 1. The summed E-state index contributed by atoms with van der Waals surface area (Å²) in [6, 6.07) is 15.0. The van der Waals surface area contributed by atoms with E-state index in [9.17, 15) is 13.2 Å². The molecule has 0 unspecified atom stereocenters. The largest absolute Gasteiger partial charge is 0.324 e. The summed E-state index contributed by atoms with van der Waals surface area (Å²) in [5.74, 6) is -0.293. The number of carbonyl (C=O) groups is 1. The molecule has 0 aliphatic rings. The number of halogens is 1. The van der Waals surface area contributed by atoms with Crippen LogP contribution in [-0.4, -0.2) is 24.7 Å². The average Bonchev–Trinajstić information content (AvgIpc) is 2.95. The fraction of sp³-hybridized carbons (Fsp3) is 0.0625. The third-order valence-corrected chi connectivity index (χ3v) is 5.15. The first-order chi connectivity index (χ1) is 10.6. The van der Waals surface area contributed by atoms with Gasteiger partial charge in [-0.2, -0.15) is 0 Å². The predicted octanol–water partition coefficient (Wildman–Crippen LogP) is 2.44. The van der Waals surface area contributed by atoms with Gasteiger partial charge in [-0.1, -0.05) is 36.4 Å². The highest BCUT2D eigenvalue weighted by molar-refractivity contribution is 7.90. The van der Waals surface area contributed by atoms with Crippen molar-refractivity contribution in [2.45, 2.75) is 4.90 Å². The van der Waals surface area contributed by atoms with Gasteiger partial charge in [-0.3, -0.25) is 4.79 Å². The van der Waals surface area contributed by atoms with Crippen LogP contribution in [0.15, 0.2) is 65.7 Å². The summed E-state index contributed by atoms with van der Waals surface area (Å²) in [5.41, 5.74) is 6.19. The lowest BCUT2D eigenvalue weighted by molar-refractivity contribution is 0.100. The summed E-state index contributed by atoms with van der Waals surface area (Å²) in [6.07, 6.45) is 1.35. The van der Waals surface area contributed by atoms with Crippen molar-refractivity contribution in [2.24, 2.45) is 5.73 Å². The van der Waals surface area contributed by atoms with Gasteiger partial charge in [0.1, 0.15) is 0 Å². The molecule has 3 aromatic rings. The van der Waals surface area contributed by atoms with Crippen LogP contribution in [0, 0.1) is 0 Å². The van der Waals surface area contributed by atoms with Gasteiger partial charge in [0.25, 0.3) is 10.0 Å². The van der Waals surface area contributed by atoms with Crippen molar-refractivity contribution in [3.63, 3.8) is 0 Å². The van der Waals surface area contributed by atoms with Gasteiger partial charge in [-0.15, -0.1) is 12.4 Å². The van der Waals surface area contributed by atoms with Gasteiger partial charge in [-0.05, 0) is 18.2 Å². The Morgan fingerprint density at radius 1 is 1.00 bits per heavy atom. The molecule has 0 aliphatic heterocycles. The molecule has 0 aliphatic carbocycles. The van der Waals surface area contributed by atoms with Crippen molar-refractivity contribution in [1.82, 2.24) is 3.97 Å². The number of aromatic nitrogens is 1. The summed E-state index contributed by atoms with van der Waals surface area (Å²) in [5, 5.41) is 0.581. The second-order valence-corrected chi connectivity index (χ2v) is 6.62. The number of nitrogens with two attached hydrogens (primary N) is 1. The van der Waals surface area contributed by atoms with Crippen molar-refractivity contribution in [3.05, 3.63) is 66.4 Å². The second kappa shape index (κ2) is 6.54. The minimum Gasteiger partial charge on any atom is -0.324 e. The van der Waals surface area contributed by atoms with Gasteiger partial charge < -0.3 is 5.73 Å². The zero-order valence-corrected chi connectivity index (χ0v) is 13.7. The molecule has 0 atom stereocenters. The van der Waals surface area contributed by atoms with Crippen LogP contribution in [0.1, 0.15) is 10.4 Å². The number of ketones is 1. The number of hydrogen-bond donors (Lipinski definition) is 1. The molecule has 0 saturated heterocycles. The molecular weight excluding hydrogens is 336 g/mol. The lowest BCUT2D eigenvalue weighted by atomic mass is 10.1. The molecular formula is C16H15ClN2O3S. The zero-order valence-electron chi connectivity index (χ0n) is 12.0. The third kappa shape index (κ3) is 2.88. The van der Waals surface area contributed by atoms with Crippen molar-refractivity contribution < 1.29 is 13.2 Å². The lowest BCUT2D eigenvalue weighted by Crippen LogP contribution is -2.14. The van der Waals surface area contributed by atoms with Crippen molar-refractivity contribution in [1.29, 1.82) is 0 Å². The Bertz CT molecular complexity index is 950. The molecule has 7 heteroatoms. The Kier molecular flexibility index (Phi) is 4.89. The van der Waals surface area contributed by atoms with E-state index in [-0.39, 0.29) is 29.6 Å². The Labute approximate surface area is 140 Å². The van der Waals surface area contributed by atoms with Gasteiger partial charge in [0, 0.05) is 17.1 Å². The number of benzene rings is 2. The Balaban J connectivity index is 0.00000192. The van der Waals surface area contributed by atoms with Crippen molar-refractivity contribution in [3.8, 4) is 0 Å². The number of carbonyl (C=O) groups excluding carboxylic acids is 1. The van der Waals surface area contributed by atoms with E-state index in [0.29, 0.717) is 16.5 Å². The van der Waals surface area contributed by atoms with Crippen LogP contribution < -0.4 is 5.73 Å². The Morgan fingerprint density at radius 3 is 2.26 bits per heavy atom. The highest BCUT2D eigenvalue weighted by Crippen LogP contribution is 2.26. The molecule has 3 rings (SSSR count). The molecule has 120 valence electrons. The van der Waals surface area contributed by atoms with Crippen LogP contribution in [0.2, 0.25) is 0 Å². The zero-order chi connectivity index (χ0) is 15.7. The Morgan fingerprint density at radius 2 is 1.61 bits per heavy atom. The molecule has 2 aromatic carbocycles. The maximum absolute atomic E-state index is 12.8. The highest BCUT2D eigenvalue weighted by Gasteiger charge is 2.22. The minimum atomic E-state index is -3.76. The molecule has 23 heavy (non-hydrogen) atoms. The third-order valence-electron chi connectivity index (χ3n) is 3.46. The van der Waals surface area contributed by atoms with E-state index in [1.54, 1.807) is 42.5 Å². The fourth-order valence-electron chi connectivity index (χ4n) is 2.39. The van der Waals surface area contributed by atoms with Crippen molar-refractivity contribution >= 4 is 39.1 Å². The van der Waals surface area contributed by atoms with Gasteiger partial charge in [0.2, 0.25) is 0 Å². The van der Waals surface area contributed by atoms with Crippen LogP contribution in [0.25, 0.3) is 10.9 Å². The van der Waals surface area contributed by atoms with E-state index in [0.717, 1.165) is 3.97 Å². The standard InChI is InChI=1S/C16H14N2O3S.ClH/c17-10-16(19)14-11-18(15-9-5-4-8-13(14)15)22(20,21)12-6-2-1-3-7-12;/h1-9,11H,10,17H2;1H. The van der Waals surface area contributed by atoms with Crippen LogP contribution in [0.4, 0.5) is 0 Å².